The average Bonchev–Trinajstić information content (AvgIpc) is 3.44. The molecule has 0 aliphatic rings. The third-order valence-electron chi connectivity index (χ3n) is 5.65. The Bertz CT molecular complexity index is 1180. The van der Waals surface area contributed by atoms with Gasteiger partial charge in [-0.2, -0.15) is 0 Å². The molecule has 0 fully saturated rings. The number of carboxylic acid groups (broad SMARTS) is 2. The van der Waals surface area contributed by atoms with E-state index in [0.29, 0.717) is 31.9 Å². The van der Waals surface area contributed by atoms with Crippen molar-refractivity contribution in [2.24, 2.45) is 0 Å². The molecular formula is C23H38N8O11S. The van der Waals surface area contributed by atoms with E-state index in [1.165, 1.54) is 0 Å². The van der Waals surface area contributed by atoms with Gasteiger partial charge in [0, 0.05) is 45.3 Å². The second-order valence-corrected chi connectivity index (χ2v) is 11.0. The molecule has 2 atom stereocenters. The zero-order valence-corrected chi connectivity index (χ0v) is 24.5. The highest BCUT2D eigenvalue weighted by molar-refractivity contribution is 7.90. The first-order chi connectivity index (χ1) is 20.3. The average molecular weight is 635 g/mol. The zero-order chi connectivity index (χ0) is 32.3. The Balaban J connectivity index is 2.40. The van der Waals surface area contributed by atoms with Crippen LogP contribution in [0.15, 0.2) is 0 Å². The van der Waals surface area contributed by atoms with Gasteiger partial charge >= 0.3 is 11.9 Å². The third kappa shape index (κ3) is 17.4. The lowest BCUT2D eigenvalue weighted by molar-refractivity contribution is -0.143. The van der Waals surface area contributed by atoms with Crippen molar-refractivity contribution in [1.82, 2.24) is 41.3 Å². The number of amides is 4. The highest BCUT2D eigenvalue weighted by atomic mass is 32.2. The van der Waals surface area contributed by atoms with Crippen LogP contribution in [0, 0.1) is 0 Å². The molecule has 0 aromatic carbocycles. The number of carbonyl (C=O) groups is 6. The van der Waals surface area contributed by atoms with Crippen LogP contribution in [0.2, 0.25) is 0 Å². The van der Waals surface area contributed by atoms with Crippen molar-refractivity contribution in [3.8, 4) is 0 Å². The smallest absolute Gasteiger partial charge is 0.326 e. The van der Waals surface area contributed by atoms with E-state index in [9.17, 15) is 47.4 Å². The fourth-order valence-corrected chi connectivity index (χ4v) is 4.57. The second-order valence-electron chi connectivity index (χ2n) is 9.19. The van der Waals surface area contributed by atoms with Gasteiger partial charge in [-0.05, 0) is 43.0 Å². The number of hydrogen-bond acceptors (Lipinski definition) is 12. The van der Waals surface area contributed by atoms with Crippen LogP contribution in [0.25, 0.3) is 0 Å². The lowest BCUT2D eigenvalue weighted by Crippen LogP contribution is -2.44. The van der Waals surface area contributed by atoms with Gasteiger partial charge < -0.3 is 30.9 Å². The maximum Gasteiger partial charge on any atom is 0.326 e. The number of carboxylic acids is 2. The predicted octanol–water partition coefficient (Wildman–Crippen LogP) is -2.40. The minimum absolute atomic E-state index is 0.105. The number of aliphatic carboxylic acids is 2. The number of rotatable bonds is 23. The fraction of sp³-hybridized carbons (Fsp3) is 0.696. The maximum absolute atomic E-state index is 12.2. The molecule has 0 radical (unpaired) electrons. The lowest BCUT2D eigenvalue weighted by Gasteiger charge is -2.17. The summed E-state index contributed by atoms with van der Waals surface area (Å²) in [7, 11) is -4.04. The number of nitrogens with zero attached hydrogens (tertiary/aromatic N) is 3. The van der Waals surface area contributed by atoms with Gasteiger partial charge in [0.2, 0.25) is 33.7 Å². The van der Waals surface area contributed by atoms with Gasteiger partial charge in [-0.25, -0.2) is 23.1 Å². The molecule has 1 aromatic heterocycles. The standard InChI is InChI=1S/C23H38N8O11S/c1-2-42-13-12-24-18(32)10-8-15(22(36)37)26-20(34)11-9-16(23(38)39)25-19(33)7-4-14-43(40,41)29-21(35)6-3-5-17-27-30-31-28-17/h15-16H,2-14H2,1H3,(H,24,32)(H,25,33)(H,26,34)(H,29,35)(H,36,37)(H,38,39)(H,27,28,30,31)/t15?,16-/m0/s1. The van der Waals surface area contributed by atoms with Gasteiger partial charge in [-0.1, -0.05) is 0 Å². The molecule has 43 heavy (non-hydrogen) atoms. The van der Waals surface area contributed by atoms with Crippen LogP contribution >= 0.6 is 0 Å². The summed E-state index contributed by atoms with van der Waals surface area (Å²) >= 11 is 0. The van der Waals surface area contributed by atoms with E-state index in [0.717, 1.165) is 0 Å². The van der Waals surface area contributed by atoms with Crippen LogP contribution in [0.4, 0.5) is 0 Å². The van der Waals surface area contributed by atoms with Crippen LogP contribution in [0.5, 0.6) is 0 Å². The summed E-state index contributed by atoms with van der Waals surface area (Å²) in [6.45, 7) is 2.81. The SMILES string of the molecule is CCOCCNC(=O)CCC(NC(=O)CC[C@H](NC(=O)CCCS(=O)(=O)NC(=O)CCCc1nnn[nH]1)C(=O)O)C(=O)O. The summed E-state index contributed by atoms with van der Waals surface area (Å²) in [6, 6.07) is -2.90. The van der Waals surface area contributed by atoms with Crippen molar-refractivity contribution < 1.29 is 52.1 Å². The molecule has 0 aliphatic heterocycles. The number of carbonyl (C=O) groups excluding carboxylic acids is 4. The molecule has 19 nitrogen and oxygen atoms in total. The van der Waals surface area contributed by atoms with Crippen LogP contribution in [-0.2, 0) is 49.9 Å². The monoisotopic (exact) mass is 634 g/mol. The maximum atomic E-state index is 12.2. The Labute approximate surface area is 247 Å². The number of nitrogens with one attached hydrogen (secondary N) is 5. The summed E-state index contributed by atoms with van der Waals surface area (Å²) < 4.78 is 31.2. The number of aromatic nitrogens is 4. The van der Waals surface area contributed by atoms with Gasteiger partial charge in [-0.15, -0.1) is 5.10 Å². The third-order valence-corrected chi connectivity index (χ3v) is 7.02. The molecule has 0 spiro atoms. The van der Waals surface area contributed by atoms with E-state index < -0.39 is 69.8 Å². The van der Waals surface area contributed by atoms with E-state index in [1.54, 1.807) is 6.92 Å². The van der Waals surface area contributed by atoms with Crippen LogP contribution in [0.1, 0.15) is 64.1 Å². The molecule has 1 aromatic rings. The number of ether oxygens (including phenoxy) is 1. The van der Waals surface area contributed by atoms with E-state index in [4.69, 9.17) is 4.74 Å². The molecule has 0 aliphatic carbocycles. The van der Waals surface area contributed by atoms with Crippen LogP contribution in [-0.4, -0.2) is 112 Å². The largest absolute Gasteiger partial charge is 0.480 e. The molecule has 0 saturated carbocycles. The molecule has 0 bridgehead atoms. The summed E-state index contributed by atoms with van der Waals surface area (Å²) in [5.74, 6) is -5.74. The molecule has 242 valence electrons. The number of aryl methyl sites for hydroxylation is 1. The number of H-pyrrole nitrogens is 1. The Morgan fingerprint density at radius 3 is 2.00 bits per heavy atom. The predicted molar refractivity (Wildman–Crippen MR) is 145 cm³/mol. The number of hydrogen-bond donors (Lipinski definition) is 7. The van der Waals surface area contributed by atoms with E-state index in [-0.39, 0.29) is 45.1 Å². The quantitative estimate of drug-likeness (QED) is 0.0618. The Morgan fingerprint density at radius 2 is 1.44 bits per heavy atom. The van der Waals surface area contributed by atoms with Crippen molar-refractivity contribution in [3.05, 3.63) is 5.82 Å². The molecule has 1 unspecified atom stereocenters. The molecular weight excluding hydrogens is 596 g/mol. The Hall–Kier alpha value is -4.20. The van der Waals surface area contributed by atoms with Crippen LogP contribution in [0.3, 0.4) is 0 Å². The van der Waals surface area contributed by atoms with E-state index in [1.807, 2.05) is 4.72 Å². The first-order valence-corrected chi connectivity index (χ1v) is 15.1. The molecule has 1 rings (SSSR count). The molecule has 1 heterocycles. The summed E-state index contributed by atoms with van der Waals surface area (Å²) in [5.41, 5.74) is 0. The topological polar surface area (TPSA) is 289 Å². The molecule has 20 heteroatoms. The first-order valence-electron chi connectivity index (χ1n) is 13.5. The van der Waals surface area contributed by atoms with E-state index >= 15 is 0 Å². The summed E-state index contributed by atoms with van der Waals surface area (Å²) in [6.07, 6.45) is -1.29. The van der Waals surface area contributed by atoms with Crippen molar-refractivity contribution in [3.63, 3.8) is 0 Å². The van der Waals surface area contributed by atoms with Gasteiger partial charge in [0.15, 0.2) is 0 Å². The number of tetrazole rings is 1. The minimum atomic E-state index is -4.04. The van der Waals surface area contributed by atoms with Crippen molar-refractivity contribution in [2.45, 2.75) is 76.8 Å². The number of aromatic amines is 1. The number of sulfonamides is 1. The van der Waals surface area contributed by atoms with Crippen molar-refractivity contribution in [1.29, 1.82) is 0 Å². The van der Waals surface area contributed by atoms with Crippen molar-refractivity contribution >= 4 is 45.6 Å². The first kappa shape index (κ1) is 36.8. The van der Waals surface area contributed by atoms with Gasteiger partial charge in [0.05, 0.1) is 12.4 Å². The second kappa shape index (κ2) is 19.8. The van der Waals surface area contributed by atoms with Crippen LogP contribution < -0.4 is 20.7 Å². The molecule has 0 saturated heterocycles. The Morgan fingerprint density at radius 1 is 0.860 bits per heavy atom. The fourth-order valence-electron chi connectivity index (χ4n) is 3.49. The molecule has 7 N–H and O–H groups in total. The summed E-state index contributed by atoms with van der Waals surface area (Å²) in [4.78, 5) is 71.2. The van der Waals surface area contributed by atoms with Gasteiger partial charge in [0.1, 0.15) is 17.9 Å². The highest BCUT2D eigenvalue weighted by Crippen LogP contribution is 2.05. The minimum Gasteiger partial charge on any atom is -0.480 e. The zero-order valence-electron chi connectivity index (χ0n) is 23.7. The molecule has 4 amide bonds. The van der Waals surface area contributed by atoms with E-state index in [2.05, 4.69) is 36.6 Å². The van der Waals surface area contributed by atoms with Crippen molar-refractivity contribution in [2.75, 3.05) is 25.5 Å². The Kier molecular flexibility index (Phi) is 17.0. The summed E-state index contributed by atoms with van der Waals surface area (Å²) in [5, 5.41) is 38.6. The lowest BCUT2D eigenvalue weighted by atomic mass is 10.1. The highest BCUT2D eigenvalue weighted by Gasteiger charge is 2.25. The normalized spacial score (nSPS) is 12.5. The van der Waals surface area contributed by atoms with Gasteiger partial charge in [0.25, 0.3) is 0 Å². The van der Waals surface area contributed by atoms with Gasteiger partial charge in [-0.3, -0.25) is 23.9 Å².